The van der Waals surface area contributed by atoms with Crippen molar-refractivity contribution in [1.82, 2.24) is 0 Å². The second-order valence-corrected chi connectivity index (χ2v) is 17.7. The maximum atomic E-state index is 13.8. The fourth-order valence-electron chi connectivity index (χ4n) is 9.38. The minimum Gasteiger partial charge on any atom is -0.456 e. The first-order valence-corrected chi connectivity index (χ1v) is 22.6. The van der Waals surface area contributed by atoms with Gasteiger partial charge in [-0.15, -0.1) is 0 Å². The van der Waals surface area contributed by atoms with Crippen LogP contribution in [0.4, 0.5) is 22.7 Å². The Labute approximate surface area is 412 Å². The second-order valence-electron chi connectivity index (χ2n) is 16.8. The van der Waals surface area contributed by atoms with Gasteiger partial charge in [-0.2, -0.15) is 0 Å². The summed E-state index contributed by atoms with van der Waals surface area (Å²) in [5.74, 6) is -3.77. The average Bonchev–Trinajstić information content (AvgIpc) is 3.99. The van der Waals surface area contributed by atoms with E-state index in [-0.39, 0.29) is 78.8 Å². The van der Waals surface area contributed by atoms with Gasteiger partial charge < -0.3 is 4.74 Å². The highest BCUT2D eigenvalue weighted by molar-refractivity contribution is 6.39. The molecule has 0 unspecified atom stereocenters. The van der Waals surface area contributed by atoms with Crippen molar-refractivity contribution >= 4 is 93.2 Å². The van der Waals surface area contributed by atoms with E-state index in [2.05, 4.69) is 0 Å². The van der Waals surface area contributed by atoms with Crippen LogP contribution in [0.15, 0.2) is 170 Å². The normalized spacial score (nSPS) is 14.7. The Morgan fingerprint density at radius 3 is 0.887 bits per heavy atom. The Balaban J connectivity index is 0.958. The number of rotatable bonds is 8. The van der Waals surface area contributed by atoms with Crippen LogP contribution in [0.1, 0.15) is 82.9 Å². The molecule has 340 valence electrons. The van der Waals surface area contributed by atoms with Crippen LogP contribution in [0.25, 0.3) is 22.3 Å². The first-order chi connectivity index (χ1) is 34.4. The predicted octanol–water partition coefficient (Wildman–Crippen LogP) is 11.3. The number of carbonyl (C=O) groups is 8. The Bertz CT molecular complexity index is 3480. The third kappa shape index (κ3) is 6.70. The van der Waals surface area contributed by atoms with Gasteiger partial charge in [-0.25, -0.2) is 19.6 Å². The predicted molar refractivity (Wildman–Crippen MR) is 264 cm³/mol. The van der Waals surface area contributed by atoms with Gasteiger partial charge in [0.05, 0.1) is 67.3 Å². The molecule has 4 heterocycles. The molecule has 0 aliphatic carbocycles. The molecule has 0 saturated heterocycles. The number of fused-ring (bicyclic) bond motifs is 4. The number of ether oxygens (including phenoxy) is 1. The standard InChI is InChI=1S/C56H28Cl2N4O9/c57-31-13-21-41-45(25-31)55(69)59(53(41)67)33-15-9-29(10-16-33)43-27-35(61-49(63)37-5-1-2-6-38(37)50(61)64)19-23-47(43)71-48-24-20-36(62-51(65)39-7-3-4-8-40(39)52(62)66)28-44(48)30-11-17-34(18-12-30)60-54(68)42-22-14-32(58)26-46(42)56(60)70/h1-28H. The summed E-state index contributed by atoms with van der Waals surface area (Å²) in [5, 5.41) is 0.608. The number of hydrogen-bond acceptors (Lipinski definition) is 9. The molecule has 0 saturated carbocycles. The summed E-state index contributed by atoms with van der Waals surface area (Å²) in [6, 6.07) is 44.5. The second kappa shape index (κ2) is 16.2. The lowest BCUT2D eigenvalue weighted by Gasteiger charge is -2.21. The average molecular weight is 972 g/mol. The molecule has 0 aromatic heterocycles. The SMILES string of the molecule is O=C1c2ccccc2C(=O)N1c1ccc(Oc2ccc(N3C(=O)c4ccccc4C3=O)cc2-c2ccc(N3C(=O)c4ccc(Cl)cc4C3=O)cc2)c(-c2ccc(N3C(=O)c4ccc(Cl)cc4C3=O)cc2)c1. The zero-order valence-electron chi connectivity index (χ0n) is 36.4. The molecule has 0 N–H and O–H groups in total. The molecule has 0 atom stereocenters. The van der Waals surface area contributed by atoms with Crippen LogP contribution < -0.4 is 24.3 Å². The van der Waals surface area contributed by atoms with Gasteiger partial charge in [0.25, 0.3) is 47.3 Å². The van der Waals surface area contributed by atoms with E-state index in [1.807, 2.05) is 0 Å². The van der Waals surface area contributed by atoms with Crippen molar-refractivity contribution in [2.24, 2.45) is 0 Å². The topological polar surface area (TPSA) is 159 Å². The molecule has 4 aliphatic heterocycles. The first-order valence-electron chi connectivity index (χ1n) is 21.9. The number of nitrogens with zero attached hydrogens (tertiary/aromatic N) is 4. The molecular weight excluding hydrogens is 944 g/mol. The Morgan fingerprint density at radius 2 is 0.549 bits per heavy atom. The Hall–Kier alpha value is -9.30. The summed E-state index contributed by atoms with van der Waals surface area (Å²) in [7, 11) is 0. The van der Waals surface area contributed by atoms with Crippen molar-refractivity contribution in [3.8, 4) is 33.8 Å². The molecule has 71 heavy (non-hydrogen) atoms. The third-order valence-electron chi connectivity index (χ3n) is 12.8. The van der Waals surface area contributed by atoms with Crippen molar-refractivity contribution in [2.45, 2.75) is 0 Å². The van der Waals surface area contributed by atoms with Crippen LogP contribution in [0.5, 0.6) is 11.5 Å². The summed E-state index contributed by atoms with van der Waals surface area (Å²) in [6.45, 7) is 0. The fraction of sp³-hybridized carbons (Fsp3) is 0. The largest absolute Gasteiger partial charge is 0.456 e. The quantitative estimate of drug-likeness (QED) is 0.135. The van der Waals surface area contributed by atoms with Crippen LogP contribution >= 0.6 is 23.2 Å². The van der Waals surface area contributed by atoms with E-state index in [0.29, 0.717) is 32.3 Å². The minimum atomic E-state index is -0.546. The van der Waals surface area contributed by atoms with E-state index in [1.54, 1.807) is 133 Å². The van der Waals surface area contributed by atoms with E-state index in [9.17, 15) is 38.4 Å². The number of anilines is 4. The van der Waals surface area contributed by atoms with Crippen LogP contribution in [0, 0.1) is 0 Å². The molecule has 8 aromatic carbocycles. The van der Waals surface area contributed by atoms with Gasteiger partial charge in [-0.3, -0.25) is 38.4 Å². The zero-order valence-corrected chi connectivity index (χ0v) is 37.9. The van der Waals surface area contributed by atoms with E-state index < -0.39 is 47.3 Å². The highest BCUT2D eigenvalue weighted by Gasteiger charge is 2.40. The molecule has 12 rings (SSSR count). The molecule has 15 heteroatoms. The Kier molecular flexibility index (Phi) is 9.79. The van der Waals surface area contributed by atoms with Crippen molar-refractivity contribution in [3.05, 3.63) is 224 Å². The first kappa shape index (κ1) is 43.0. The lowest BCUT2D eigenvalue weighted by molar-refractivity contribution is 0.0910. The zero-order chi connectivity index (χ0) is 49.0. The maximum Gasteiger partial charge on any atom is 0.266 e. The minimum absolute atomic E-state index is 0.171. The summed E-state index contributed by atoms with van der Waals surface area (Å²) >= 11 is 12.3. The fourth-order valence-corrected chi connectivity index (χ4v) is 9.73. The lowest BCUT2D eigenvalue weighted by Crippen LogP contribution is -2.29. The highest BCUT2D eigenvalue weighted by atomic mass is 35.5. The van der Waals surface area contributed by atoms with Gasteiger partial charge in [0, 0.05) is 21.2 Å². The molecule has 0 fully saturated rings. The number of halogens is 2. The molecular formula is C56H28Cl2N4O9. The number of hydrogen-bond donors (Lipinski definition) is 0. The molecule has 13 nitrogen and oxygen atoms in total. The van der Waals surface area contributed by atoms with Crippen LogP contribution in [-0.4, -0.2) is 47.3 Å². The van der Waals surface area contributed by atoms with Crippen LogP contribution in [0.3, 0.4) is 0 Å². The van der Waals surface area contributed by atoms with Gasteiger partial charge in [-0.1, -0.05) is 71.7 Å². The van der Waals surface area contributed by atoms with Crippen molar-refractivity contribution in [2.75, 3.05) is 19.6 Å². The van der Waals surface area contributed by atoms with Crippen molar-refractivity contribution in [3.63, 3.8) is 0 Å². The van der Waals surface area contributed by atoms with E-state index in [0.717, 1.165) is 19.6 Å². The summed E-state index contributed by atoms with van der Waals surface area (Å²) < 4.78 is 6.81. The monoisotopic (exact) mass is 970 g/mol. The number of imide groups is 4. The summed E-state index contributed by atoms with van der Waals surface area (Å²) in [4.78, 5) is 113. The number of carbonyl (C=O) groups excluding carboxylic acids is 8. The van der Waals surface area contributed by atoms with Gasteiger partial charge >= 0.3 is 0 Å². The number of amides is 8. The molecule has 0 radical (unpaired) electrons. The van der Waals surface area contributed by atoms with Gasteiger partial charge in [0.2, 0.25) is 0 Å². The van der Waals surface area contributed by atoms with Gasteiger partial charge in [0.15, 0.2) is 0 Å². The van der Waals surface area contributed by atoms with Gasteiger partial charge in [-0.05, 0) is 132 Å². The lowest BCUT2D eigenvalue weighted by atomic mass is 10.0. The van der Waals surface area contributed by atoms with E-state index >= 15 is 0 Å². The van der Waals surface area contributed by atoms with E-state index in [1.165, 1.54) is 36.4 Å². The molecule has 8 amide bonds. The number of benzene rings is 8. The summed E-state index contributed by atoms with van der Waals surface area (Å²) in [5.41, 5.74) is 4.50. The maximum absolute atomic E-state index is 13.8. The van der Waals surface area contributed by atoms with E-state index in [4.69, 9.17) is 27.9 Å². The molecule has 0 spiro atoms. The van der Waals surface area contributed by atoms with Crippen LogP contribution in [-0.2, 0) is 0 Å². The molecule has 0 bridgehead atoms. The highest BCUT2D eigenvalue weighted by Crippen LogP contribution is 2.44. The van der Waals surface area contributed by atoms with Gasteiger partial charge in [0.1, 0.15) is 11.5 Å². The summed E-state index contributed by atoms with van der Waals surface area (Å²) in [6.07, 6.45) is 0. The third-order valence-corrected chi connectivity index (χ3v) is 13.3. The van der Waals surface area contributed by atoms with Crippen molar-refractivity contribution in [1.29, 1.82) is 0 Å². The molecule has 8 aromatic rings. The van der Waals surface area contributed by atoms with Crippen molar-refractivity contribution < 1.29 is 43.1 Å². The van der Waals surface area contributed by atoms with Crippen LogP contribution in [0.2, 0.25) is 10.0 Å². The molecule has 4 aliphatic rings. The smallest absolute Gasteiger partial charge is 0.266 e. The Morgan fingerprint density at radius 1 is 0.268 bits per heavy atom.